The lowest BCUT2D eigenvalue weighted by atomic mass is 9.81. The molecule has 0 saturated carbocycles. The molecule has 0 aromatic heterocycles. The predicted molar refractivity (Wildman–Crippen MR) is 88.5 cm³/mol. The van der Waals surface area contributed by atoms with Gasteiger partial charge in [0.1, 0.15) is 6.61 Å². The molecular formula is C16H11Cl3O5. The number of rotatable bonds is 2. The third-order valence-corrected chi connectivity index (χ3v) is 3.43. The summed E-state index contributed by atoms with van der Waals surface area (Å²) in [5.74, 6) is 9.60. The summed E-state index contributed by atoms with van der Waals surface area (Å²) in [6.07, 6.45) is 2.48. The molecule has 2 aliphatic carbocycles. The van der Waals surface area contributed by atoms with Crippen molar-refractivity contribution in [3.8, 4) is 23.7 Å². The fourth-order valence-electron chi connectivity index (χ4n) is 2.04. The van der Waals surface area contributed by atoms with Gasteiger partial charge in [-0.1, -0.05) is 58.6 Å². The molecule has 2 atom stereocenters. The van der Waals surface area contributed by atoms with Crippen LogP contribution in [0.15, 0.2) is 23.8 Å². The van der Waals surface area contributed by atoms with Crippen molar-refractivity contribution in [3.05, 3.63) is 23.8 Å². The molecule has 8 heteroatoms. The standard InChI is InChI=1S/C16H11Cl3O5/c17-16(18,19)10-23-14(21)24-12-7-3-1-2-4-8-15(22)9-5-6-11(12)13(15)20/h1-2,6,12,22H,5,9-10H2/b2-1-. The molecule has 2 rings (SSSR count). The molecule has 0 spiro atoms. The summed E-state index contributed by atoms with van der Waals surface area (Å²) in [5.41, 5.74) is -1.80. The summed E-state index contributed by atoms with van der Waals surface area (Å²) >= 11 is 16.4. The zero-order valence-corrected chi connectivity index (χ0v) is 14.4. The number of ether oxygens (including phenoxy) is 2. The largest absolute Gasteiger partial charge is 0.510 e. The van der Waals surface area contributed by atoms with E-state index in [9.17, 15) is 14.7 Å². The van der Waals surface area contributed by atoms with Crippen LogP contribution in [0.2, 0.25) is 0 Å². The molecule has 2 unspecified atom stereocenters. The number of ketones is 1. The van der Waals surface area contributed by atoms with Crippen LogP contribution in [0.5, 0.6) is 0 Å². The van der Waals surface area contributed by atoms with Crippen LogP contribution in [0.1, 0.15) is 12.8 Å². The molecule has 2 bridgehead atoms. The second-order valence-electron chi connectivity index (χ2n) is 4.93. The van der Waals surface area contributed by atoms with Crippen molar-refractivity contribution in [2.45, 2.75) is 28.3 Å². The first kappa shape index (κ1) is 18.7. The van der Waals surface area contributed by atoms with Gasteiger partial charge in [-0.05, 0) is 30.9 Å². The number of Topliss-reactive ketones (excluding diaryl/α,β-unsaturated/α-hetero) is 1. The van der Waals surface area contributed by atoms with Gasteiger partial charge in [0.2, 0.25) is 9.58 Å². The summed E-state index contributed by atoms with van der Waals surface area (Å²) in [6.45, 7) is -0.529. The van der Waals surface area contributed by atoms with Crippen LogP contribution in [0.3, 0.4) is 0 Å². The number of hydrogen-bond acceptors (Lipinski definition) is 5. The van der Waals surface area contributed by atoms with Crippen molar-refractivity contribution >= 4 is 46.7 Å². The average Bonchev–Trinajstić information content (AvgIpc) is 2.49. The summed E-state index contributed by atoms with van der Waals surface area (Å²) in [5, 5.41) is 10.4. The van der Waals surface area contributed by atoms with Crippen LogP contribution in [0, 0.1) is 23.7 Å². The Morgan fingerprint density at radius 2 is 2.08 bits per heavy atom. The number of carbonyl (C=O) groups excluding carboxylic acids is 2. The van der Waals surface area contributed by atoms with Crippen LogP contribution >= 0.6 is 34.8 Å². The van der Waals surface area contributed by atoms with Gasteiger partial charge in [-0.25, -0.2) is 4.79 Å². The molecule has 2 aliphatic rings. The quantitative estimate of drug-likeness (QED) is 0.446. The summed E-state index contributed by atoms with van der Waals surface area (Å²) in [6, 6.07) is 0. The maximum atomic E-state index is 12.5. The Labute approximate surface area is 153 Å². The molecule has 0 radical (unpaired) electrons. The maximum Gasteiger partial charge on any atom is 0.510 e. The molecular weight excluding hydrogens is 379 g/mol. The van der Waals surface area contributed by atoms with E-state index in [4.69, 9.17) is 39.5 Å². The highest BCUT2D eigenvalue weighted by Crippen LogP contribution is 2.29. The van der Waals surface area contributed by atoms with E-state index in [0.717, 1.165) is 0 Å². The Balaban J connectivity index is 2.22. The molecule has 1 N–H and O–H groups in total. The topological polar surface area (TPSA) is 72.8 Å². The smallest absolute Gasteiger partial charge is 0.430 e. The summed E-state index contributed by atoms with van der Waals surface area (Å²) in [7, 11) is 0. The van der Waals surface area contributed by atoms with Gasteiger partial charge in [-0.3, -0.25) is 4.79 Å². The number of halogens is 3. The molecule has 0 aliphatic heterocycles. The molecule has 0 amide bonds. The van der Waals surface area contributed by atoms with Crippen LogP contribution in [-0.2, 0) is 14.3 Å². The van der Waals surface area contributed by atoms with Crippen molar-refractivity contribution in [3.63, 3.8) is 0 Å². The number of hydrogen-bond donors (Lipinski definition) is 1. The number of alkyl halides is 3. The van der Waals surface area contributed by atoms with Crippen molar-refractivity contribution in [2.75, 3.05) is 6.61 Å². The van der Waals surface area contributed by atoms with Gasteiger partial charge in [0.15, 0.2) is 11.7 Å². The third kappa shape index (κ3) is 4.93. The maximum absolute atomic E-state index is 12.5. The Morgan fingerprint density at radius 1 is 1.38 bits per heavy atom. The number of carbonyl (C=O) groups is 2. The summed E-state index contributed by atoms with van der Waals surface area (Å²) < 4.78 is 7.90. The fourth-order valence-corrected chi connectivity index (χ4v) is 2.20. The van der Waals surface area contributed by atoms with Gasteiger partial charge in [0, 0.05) is 5.57 Å². The molecule has 0 aromatic carbocycles. The Bertz CT molecular complexity index is 727. The highest BCUT2D eigenvalue weighted by molar-refractivity contribution is 6.67. The lowest BCUT2D eigenvalue weighted by Crippen LogP contribution is -2.43. The fraction of sp³-hybridized carbons (Fsp3) is 0.375. The molecule has 126 valence electrons. The van der Waals surface area contributed by atoms with Gasteiger partial charge >= 0.3 is 6.16 Å². The van der Waals surface area contributed by atoms with Gasteiger partial charge in [-0.15, -0.1) is 0 Å². The monoisotopic (exact) mass is 388 g/mol. The van der Waals surface area contributed by atoms with E-state index in [1.165, 1.54) is 12.2 Å². The molecule has 5 nitrogen and oxygen atoms in total. The molecule has 24 heavy (non-hydrogen) atoms. The lowest BCUT2D eigenvalue weighted by molar-refractivity contribution is -0.130. The van der Waals surface area contributed by atoms with E-state index in [1.54, 1.807) is 6.08 Å². The van der Waals surface area contributed by atoms with Crippen LogP contribution < -0.4 is 0 Å². The van der Waals surface area contributed by atoms with Gasteiger partial charge in [0.05, 0.1) is 0 Å². The Kier molecular flexibility index (Phi) is 5.85. The zero-order chi connectivity index (χ0) is 17.8. The molecule has 0 saturated heterocycles. The van der Waals surface area contributed by atoms with Crippen LogP contribution in [0.4, 0.5) is 4.79 Å². The molecule has 0 fully saturated rings. The second-order valence-corrected chi connectivity index (χ2v) is 7.45. The van der Waals surface area contributed by atoms with Crippen molar-refractivity contribution in [2.24, 2.45) is 0 Å². The van der Waals surface area contributed by atoms with Crippen molar-refractivity contribution < 1.29 is 24.2 Å². The zero-order valence-electron chi connectivity index (χ0n) is 12.1. The number of fused-ring (bicyclic) bond motifs is 2. The lowest BCUT2D eigenvalue weighted by Gasteiger charge is -2.28. The third-order valence-electron chi connectivity index (χ3n) is 3.10. The van der Waals surface area contributed by atoms with Gasteiger partial charge in [-0.2, -0.15) is 0 Å². The van der Waals surface area contributed by atoms with Gasteiger partial charge in [0.25, 0.3) is 0 Å². The van der Waals surface area contributed by atoms with E-state index < -0.39 is 34.0 Å². The Hall–Kier alpha value is -1.63. The van der Waals surface area contributed by atoms with E-state index in [1.807, 2.05) is 0 Å². The SMILES string of the molecule is O=C(OCC(Cl)(Cl)Cl)OC1C#C/C=C\C#CC2(O)CCC=C1C2=O. The number of allylic oxidation sites excluding steroid dienone is 3. The first-order chi connectivity index (χ1) is 11.2. The first-order valence-corrected chi connectivity index (χ1v) is 7.91. The minimum atomic E-state index is -1.84. The van der Waals surface area contributed by atoms with E-state index in [0.29, 0.717) is 6.42 Å². The van der Waals surface area contributed by atoms with Crippen molar-refractivity contribution in [1.82, 2.24) is 0 Å². The predicted octanol–water partition coefficient (Wildman–Crippen LogP) is 2.48. The van der Waals surface area contributed by atoms with E-state index in [2.05, 4.69) is 28.4 Å². The van der Waals surface area contributed by atoms with E-state index >= 15 is 0 Å². The summed E-state index contributed by atoms with van der Waals surface area (Å²) in [4.78, 5) is 24.2. The molecule has 0 aromatic rings. The normalized spacial score (nSPS) is 26.8. The Morgan fingerprint density at radius 3 is 2.79 bits per heavy atom. The second kappa shape index (κ2) is 7.51. The van der Waals surface area contributed by atoms with Crippen LogP contribution in [0.25, 0.3) is 0 Å². The minimum absolute atomic E-state index is 0.0340. The number of aliphatic hydroxyl groups is 1. The highest BCUT2D eigenvalue weighted by Gasteiger charge is 2.41. The van der Waals surface area contributed by atoms with Gasteiger partial charge < -0.3 is 14.6 Å². The molecule has 0 heterocycles. The highest BCUT2D eigenvalue weighted by atomic mass is 35.6. The van der Waals surface area contributed by atoms with Crippen molar-refractivity contribution in [1.29, 1.82) is 0 Å². The average molecular weight is 390 g/mol. The van der Waals surface area contributed by atoms with Crippen LogP contribution in [-0.4, -0.2) is 39.1 Å². The minimum Gasteiger partial charge on any atom is -0.430 e. The van der Waals surface area contributed by atoms with E-state index in [-0.39, 0.29) is 12.0 Å². The first-order valence-electron chi connectivity index (χ1n) is 6.77.